The van der Waals surface area contributed by atoms with Crippen LogP contribution in [0.25, 0.3) is 10.9 Å². The van der Waals surface area contributed by atoms with Crippen molar-refractivity contribution in [3.05, 3.63) is 89.6 Å². The zero-order chi connectivity index (χ0) is 22.3. The van der Waals surface area contributed by atoms with E-state index < -0.39 is 16.1 Å². The van der Waals surface area contributed by atoms with Crippen molar-refractivity contribution in [2.45, 2.75) is 17.4 Å². The normalized spacial score (nSPS) is 16.6. The average molecular weight is 449 g/mol. The van der Waals surface area contributed by atoms with Crippen molar-refractivity contribution in [3.63, 3.8) is 0 Å². The van der Waals surface area contributed by atoms with Crippen molar-refractivity contribution in [1.82, 2.24) is 9.29 Å². The van der Waals surface area contributed by atoms with Crippen molar-refractivity contribution in [3.8, 4) is 11.5 Å². The fourth-order valence-electron chi connectivity index (χ4n) is 4.56. The largest absolute Gasteiger partial charge is 0.497 e. The van der Waals surface area contributed by atoms with Gasteiger partial charge in [0.25, 0.3) is 0 Å². The van der Waals surface area contributed by atoms with E-state index in [0.29, 0.717) is 24.5 Å². The molecule has 1 aliphatic heterocycles. The fourth-order valence-corrected chi connectivity index (χ4v) is 6.32. The number of H-pyrrole nitrogens is 1. The van der Waals surface area contributed by atoms with E-state index in [9.17, 15) is 8.42 Å². The minimum Gasteiger partial charge on any atom is -0.497 e. The Morgan fingerprint density at radius 3 is 2.44 bits per heavy atom. The van der Waals surface area contributed by atoms with Gasteiger partial charge >= 0.3 is 0 Å². The highest BCUT2D eigenvalue weighted by Gasteiger charge is 2.40. The molecule has 0 amide bonds. The maximum atomic E-state index is 14.0. The van der Waals surface area contributed by atoms with Crippen LogP contribution in [-0.2, 0) is 16.4 Å². The number of fused-ring (bicyclic) bond motifs is 3. The van der Waals surface area contributed by atoms with Crippen LogP contribution in [0.3, 0.4) is 0 Å². The number of methoxy groups -OCH3 is 2. The molecule has 1 aromatic heterocycles. The third kappa shape index (κ3) is 3.25. The Morgan fingerprint density at radius 1 is 0.938 bits per heavy atom. The number of ether oxygens (including phenoxy) is 2. The highest BCUT2D eigenvalue weighted by molar-refractivity contribution is 7.89. The summed E-state index contributed by atoms with van der Waals surface area (Å²) in [6, 6.07) is 22.2. The van der Waals surface area contributed by atoms with Gasteiger partial charge in [-0.2, -0.15) is 4.31 Å². The third-order valence-electron chi connectivity index (χ3n) is 6.06. The van der Waals surface area contributed by atoms with Gasteiger partial charge in [-0.05, 0) is 35.7 Å². The molecular formula is C25H24N2O4S. The first kappa shape index (κ1) is 20.6. The molecule has 6 nitrogen and oxygen atoms in total. The van der Waals surface area contributed by atoms with Crippen molar-refractivity contribution < 1.29 is 17.9 Å². The van der Waals surface area contributed by atoms with E-state index in [-0.39, 0.29) is 4.90 Å². The van der Waals surface area contributed by atoms with E-state index >= 15 is 0 Å². The Labute approximate surface area is 187 Å². The molecule has 0 radical (unpaired) electrons. The Bertz CT molecular complexity index is 1380. The number of nitrogens with zero attached hydrogens (tertiary/aromatic N) is 1. The van der Waals surface area contributed by atoms with Gasteiger partial charge in [0.2, 0.25) is 10.0 Å². The molecule has 2 heterocycles. The fraction of sp³-hybridized carbons (Fsp3) is 0.200. The first-order valence-corrected chi connectivity index (χ1v) is 11.9. The van der Waals surface area contributed by atoms with E-state index in [2.05, 4.69) is 11.1 Å². The van der Waals surface area contributed by atoms with Crippen LogP contribution in [0.2, 0.25) is 0 Å². The second-order valence-corrected chi connectivity index (χ2v) is 9.62. The number of sulfonamides is 1. The Hall–Kier alpha value is -3.29. The summed E-state index contributed by atoms with van der Waals surface area (Å²) < 4.78 is 40.3. The van der Waals surface area contributed by atoms with Crippen LogP contribution in [0.1, 0.15) is 22.9 Å². The van der Waals surface area contributed by atoms with Crippen LogP contribution < -0.4 is 9.47 Å². The van der Waals surface area contributed by atoms with Gasteiger partial charge in [-0.3, -0.25) is 0 Å². The smallest absolute Gasteiger partial charge is 0.247 e. The molecule has 0 spiro atoms. The van der Waals surface area contributed by atoms with Gasteiger partial charge in [-0.1, -0.05) is 48.5 Å². The van der Waals surface area contributed by atoms with Crippen molar-refractivity contribution in [2.24, 2.45) is 0 Å². The van der Waals surface area contributed by atoms with Crippen molar-refractivity contribution in [2.75, 3.05) is 20.8 Å². The summed E-state index contributed by atoms with van der Waals surface area (Å²) in [6.07, 6.45) is 0.619. The quantitative estimate of drug-likeness (QED) is 0.487. The lowest BCUT2D eigenvalue weighted by Crippen LogP contribution is -2.40. The number of nitrogens with one attached hydrogen (secondary N) is 1. The van der Waals surface area contributed by atoms with Gasteiger partial charge in [0.15, 0.2) is 0 Å². The van der Waals surface area contributed by atoms with Crippen LogP contribution in [0.15, 0.2) is 77.7 Å². The van der Waals surface area contributed by atoms with E-state index in [1.54, 1.807) is 16.4 Å². The van der Waals surface area contributed by atoms with E-state index in [1.807, 2.05) is 48.5 Å². The Morgan fingerprint density at radius 2 is 1.69 bits per heavy atom. The molecule has 5 rings (SSSR count). The van der Waals surface area contributed by atoms with E-state index in [0.717, 1.165) is 22.2 Å². The zero-order valence-electron chi connectivity index (χ0n) is 17.9. The molecular weight excluding hydrogens is 424 g/mol. The second kappa shape index (κ2) is 8.00. The molecule has 3 aromatic carbocycles. The number of benzene rings is 3. The maximum absolute atomic E-state index is 14.0. The topological polar surface area (TPSA) is 71.6 Å². The lowest BCUT2D eigenvalue weighted by molar-refractivity contribution is 0.335. The third-order valence-corrected chi connectivity index (χ3v) is 7.95. The second-order valence-electron chi connectivity index (χ2n) is 7.76. The predicted octanol–water partition coefficient (Wildman–Crippen LogP) is 4.52. The lowest BCUT2D eigenvalue weighted by atomic mass is 9.94. The molecule has 0 saturated carbocycles. The van der Waals surface area contributed by atoms with Gasteiger partial charge in [-0.15, -0.1) is 0 Å². The number of aromatic nitrogens is 1. The number of aromatic amines is 1. The number of rotatable bonds is 5. The van der Waals surface area contributed by atoms with E-state index in [4.69, 9.17) is 9.47 Å². The minimum absolute atomic E-state index is 0.0971. The van der Waals surface area contributed by atoms with Gasteiger partial charge in [0.1, 0.15) is 16.4 Å². The first-order valence-electron chi connectivity index (χ1n) is 10.4. The summed E-state index contributed by atoms with van der Waals surface area (Å²) in [5.41, 5.74) is 4.00. The van der Waals surface area contributed by atoms with Crippen LogP contribution in [0, 0.1) is 0 Å². The minimum atomic E-state index is -3.91. The van der Waals surface area contributed by atoms with Gasteiger partial charge in [-0.25, -0.2) is 8.42 Å². The van der Waals surface area contributed by atoms with Crippen molar-refractivity contribution in [1.29, 1.82) is 0 Å². The molecule has 0 aliphatic carbocycles. The van der Waals surface area contributed by atoms with Crippen LogP contribution in [-0.4, -0.2) is 38.5 Å². The molecule has 7 heteroatoms. The molecule has 1 unspecified atom stereocenters. The van der Waals surface area contributed by atoms with Crippen molar-refractivity contribution >= 4 is 20.9 Å². The SMILES string of the molecule is COc1ccc(OC)c(S(=O)(=O)N2CCc3c([nH]c4ccccc34)C2c2ccccc2)c1. The van der Waals surface area contributed by atoms with E-state index in [1.165, 1.54) is 25.8 Å². The van der Waals surface area contributed by atoms with Gasteiger partial charge in [0, 0.05) is 29.2 Å². The van der Waals surface area contributed by atoms with Gasteiger partial charge < -0.3 is 14.5 Å². The zero-order valence-corrected chi connectivity index (χ0v) is 18.7. The van der Waals surface area contributed by atoms with Crippen LogP contribution >= 0.6 is 0 Å². The first-order chi connectivity index (χ1) is 15.5. The molecule has 164 valence electrons. The summed E-state index contributed by atoms with van der Waals surface area (Å²) in [5, 5.41) is 1.14. The molecule has 1 atom stereocenters. The van der Waals surface area contributed by atoms with Gasteiger partial charge in [0.05, 0.1) is 20.3 Å². The number of hydrogen-bond donors (Lipinski definition) is 1. The average Bonchev–Trinajstić information content (AvgIpc) is 3.22. The summed E-state index contributed by atoms with van der Waals surface area (Å²) in [6.45, 7) is 0.358. The lowest BCUT2D eigenvalue weighted by Gasteiger charge is -2.35. The summed E-state index contributed by atoms with van der Waals surface area (Å²) in [5.74, 6) is 0.754. The number of para-hydroxylation sites is 1. The molecule has 0 bridgehead atoms. The molecule has 1 aliphatic rings. The summed E-state index contributed by atoms with van der Waals surface area (Å²) >= 11 is 0. The highest BCUT2D eigenvalue weighted by Crippen LogP contribution is 2.42. The molecule has 4 aromatic rings. The standard InChI is InChI=1S/C25H24N2O4S/c1-30-18-12-13-22(31-2)23(16-18)32(28,29)27-15-14-20-19-10-6-7-11-21(19)26-24(20)25(27)17-8-4-3-5-9-17/h3-13,16,25-26H,14-15H2,1-2H3. The monoisotopic (exact) mass is 448 g/mol. The predicted molar refractivity (Wildman–Crippen MR) is 124 cm³/mol. The molecule has 32 heavy (non-hydrogen) atoms. The number of hydrogen-bond acceptors (Lipinski definition) is 4. The van der Waals surface area contributed by atoms with Crippen LogP contribution in [0.4, 0.5) is 0 Å². The molecule has 0 saturated heterocycles. The Balaban J connectivity index is 1.72. The van der Waals surface area contributed by atoms with Crippen LogP contribution in [0.5, 0.6) is 11.5 Å². The summed E-state index contributed by atoms with van der Waals surface area (Å²) in [7, 11) is -0.916. The summed E-state index contributed by atoms with van der Waals surface area (Å²) in [4.78, 5) is 3.60. The maximum Gasteiger partial charge on any atom is 0.247 e. The molecule has 0 fully saturated rings. The Kier molecular flexibility index (Phi) is 5.15. The highest BCUT2D eigenvalue weighted by atomic mass is 32.2. The molecule has 1 N–H and O–H groups in total.